The van der Waals surface area contributed by atoms with Crippen LogP contribution in [-0.2, 0) is 6.54 Å². The van der Waals surface area contributed by atoms with Crippen molar-refractivity contribution >= 4 is 0 Å². The molecule has 0 radical (unpaired) electrons. The van der Waals surface area contributed by atoms with Crippen molar-refractivity contribution in [2.24, 2.45) is 0 Å². The summed E-state index contributed by atoms with van der Waals surface area (Å²) in [4.78, 5) is 6.24. The molecule has 1 aliphatic rings. The van der Waals surface area contributed by atoms with Gasteiger partial charge in [0.15, 0.2) is 0 Å². The van der Waals surface area contributed by atoms with E-state index in [0.717, 1.165) is 18.7 Å². The number of halogens is 1. The average molecular weight is 265 g/mol. The minimum atomic E-state index is -0.248. The highest BCUT2D eigenvalue weighted by Gasteiger charge is 2.23. The van der Waals surface area contributed by atoms with Crippen molar-refractivity contribution in [2.45, 2.75) is 51.2 Å². The van der Waals surface area contributed by atoms with Crippen LogP contribution in [0.5, 0.6) is 0 Å². The van der Waals surface area contributed by atoms with E-state index in [1.54, 1.807) is 12.3 Å². The Balaban J connectivity index is 1.82. The van der Waals surface area contributed by atoms with Crippen molar-refractivity contribution in [1.82, 2.24) is 15.2 Å². The van der Waals surface area contributed by atoms with E-state index in [-0.39, 0.29) is 5.82 Å². The molecule has 2 rings (SSSR count). The first-order valence-electron chi connectivity index (χ1n) is 7.22. The van der Waals surface area contributed by atoms with Crippen molar-refractivity contribution in [1.29, 1.82) is 0 Å². The molecule has 0 amide bonds. The monoisotopic (exact) mass is 265 g/mol. The Hall–Kier alpha value is -1.00. The summed E-state index contributed by atoms with van der Waals surface area (Å²) in [5.74, 6) is -0.248. The number of aromatic nitrogens is 1. The highest BCUT2D eigenvalue weighted by atomic mass is 19.1. The summed E-state index contributed by atoms with van der Waals surface area (Å²) in [6.45, 7) is 4.00. The number of pyridine rings is 1. The second-order valence-corrected chi connectivity index (χ2v) is 5.49. The Labute approximate surface area is 115 Å². The SMILES string of the molecule is CCNC1CCC(N(C)Cc2cncc(F)c2)CC1. The van der Waals surface area contributed by atoms with Crippen LogP contribution in [0.2, 0.25) is 0 Å². The molecule has 0 spiro atoms. The normalized spacial score (nSPS) is 23.8. The summed E-state index contributed by atoms with van der Waals surface area (Å²) >= 11 is 0. The van der Waals surface area contributed by atoms with Crippen molar-refractivity contribution < 1.29 is 4.39 Å². The molecule has 106 valence electrons. The van der Waals surface area contributed by atoms with Crippen molar-refractivity contribution in [3.8, 4) is 0 Å². The number of hydrogen-bond acceptors (Lipinski definition) is 3. The van der Waals surface area contributed by atoms with E-state index in [0.29, 0.717) is 12.1 Å². The minimum absolute atomic E-state index is 0.248. The largest absolute Gasteiger partial charge is 0.314 e. The lowest BCUT2D eigenvalue weighted by Gasteiger charge is -2.35. The summed E-state index contributed by atoms with van der Waals surface area (Å²) in [5, 5.41) is 3.52. The predicted molar refractivity (Wildman–Crippen MR) is 75.4 cm³/mol. The predicted octanol–water partition coefficient (Wildman–Crippen LogP) is 2.57. The molecule has 1 saturated carbocycles. The Bertz CT molecular complexity index is 389. The van der Waals surface area contributed by atoms with Gasteiger partial charge in [-0.15, -0.1) is 0 Å². The van der Waals surface area contributed by atoms with Gasteiger partial charge in [-0.05, 0) is 50.9 Å². The van der Waals surface area contributed by atoms with Gasteiger partial charge >= 0.3 is 0 Å². The second-order valence-electron chi connectivity index (χ2n) is 5.49. The molecule has 4 heteroatoms. The third kappa shape index (κ3) is 4.25. The van der Waals surface area contributed by atoms with Gasteiger partial charge in [-0.2, -0.15) is 0 Å². The number of nitrogens with one attached hydrogen (secondary N) is 1. The third-order valence-electron chi connectivity index (χ3n) is 4.01. The fourth-order valence-electron chi connectivity index (χ4n) is 2.97. The highest BCUT2D eigenvalue weighted by molar-refractivity contribution is 5.10. The third-order valence-corrected chi connectivity index (χ3v) is 4.01. The number of hydrogen-bond donors (Lipinski definition) is 1. The highest BCUT2D eigenvalue weighted by Crippen LogP contribution is 2.23. The van der Waals surface area contributed by atoms with E-state index >= 15 is 0 Å². The summed E-state index contributed by atoms with van der Waals surface area (Å²) in [5.41, 5.74) is 0.955. The van der Waals surface area contributed by atoms with Crippen LogP contribution >= 0.6 is 0 Å². The fraction of sp³-hybridized carbons (Fsp3) is 0.667. The van der Waals surface area contributed by atoms with Gasteiger partial charge in [0.25, 0.3) is 0 Å². The Kier molecular flexibility index (Phi) is 5.28. The lowest BCUT2D eigenvalue weighted by molar-refractivity contribution is 0.168. The topological polar surface area (TPSA) is 28.2 Å². The van der Waals surface area contributed by atoms with Crippen molar-refractivity contribution in [2.75, 3.05) is 13.6 Å². The fourth-order valence-corrected chi connectivity index (χ4v) is 2.97. The molecule has 0 aromatic carbocycles. The van der Waals surface area contributed by atoms with Gasteiger partial charge < -0.3 is 5.32 Å². The molecule has 0 aliphatic heterocycles. The lowest BCUT2D eigenvalue weighted by atomic mass is 9.90. The molecule has 1 N–H and O–H groups in total. The lowest BCUT2D eigenvalue weighted by Crippen LogP contribution is -2.40. The molecule has 1 aliphatic carbocycles. The second kappa shape index (κ2) is 6.96. The number of rotatable bonds is 5. The zero-order valence-corrected chi connectivity index (χ0v) is 11.9. The van der Waals surface area contributed by atoms with Gasteiger partial charge in [-0.25, -0.2) is 4.39 Å². The van der Waals surface area contributed by atoms with Crippen LogP contribution in [0.3, 0.4) is 0 Å². The van der Waals surface area contributed by atoms with Crippen LogP contribution in [0.25, 0.3) is 0 Å². The first-order valence-corrected chi connectivity index (χ1v) is 7.22. The van der Waals surface area contributed by atoms with Crippen LogP contribution in [-0.4, -0.2) is 35.6 Å². The molecule has 1 aromatic heterocycles. The van der Waals surface area contributed by atoms with E-state index in [9.17, 15) is 4.39 Å². The molecule has 0 saturated heterocycles. The molecule has 0 unspecified atom stereocenters. The molecular formula is C15H24FN3. The van der Waals surface area contributed by atoms with Gasteiger partial charge in [0.1, 0.15) is 5.82 Å². The van der Waals surface area contributed by atoms with E-state index in [1.807, 2.05) is 0 Å². The van der Waals surface area contributed by atoms with E-state index in [2.05, 4.69) is 29.2 Å². The van der Waals surface area contributed by atoms with E-state index < -0.39 is 0 Å². The zero-order chi connectivity index (χ0) is 13.7. The van der Waals surface area contributed by atoms with Crippen LogP contribution in [0.15, 0.2) is 18.5 Å². The molecule has 1 fully saturated rings. The number of nitrogens with zero attached hydrogens (tertiary/aromatic N) is 2. The van der Waals surface area contributed by atoms with Crippen molar-refractivity contribution in [3.63, 3.8) is 0 Å². The smallest absolute Gasteiger partial charge is 0.141 e. The van der Waals surface area contributed by atoms with Crippen LogP contribution in [0, 0.1) is 5.82 Å². The van der Waals surface area contributed by atoms with Gasteiger partial charge in [0, 0.05) is 24.8 Å². The van der Waals surface area contributed by atoms with Gasteiger partial charge in [0.05, 0.1) is 6.20 Å². The average Bonchev–Trinajstić information content (AvgIpc) is 2.40. The zero-order valence-electron chi connectivity index (χ0n) is 11.9. The Morgan fingerprint density at radius 1 is 1.32 bits per heavy atom. The first kappa shape index (κ1) is 14.4. The van der Waals surface area contributed by atoms with Crippen LogP contribution in [0.1, 0.15) is 38.2 Å². The van der Waals surface area contributed by atoms with E-state index in [4.69, 9.17) is 0 Å². The van der Waals surface area contributed by atoms with Gasteiger partial charge in [-0.1, -0.05) is 6.92 Å². The summed E-state index contributed by atoms with van der Waals surface area (Å²) in [6.07, 6.45) is 7.93. The molecule has 19 heavy (non-hydrogen) atoms. The van der Waals surface area contributed by atoms with Gasteiger partial charge in [0.2, 0.25) is 0 Å². The van der Waals surface area contributed by atoms with Crippen LogP contribution < -0.4 is 5.32 Å². The summed E-state index contributed by atoms with van der Waals surface area (Å²) < 4.78 is 13.1. The standard InChI is InChI=1S/C15H24FN3/c1-3-18-14-4-6-15(7-5-14)19(2)11-12-8-13(16)10-17-9-12/h8-10,14-15,18H,3-7,11H2,1-2H3. The van der Waals surface area contributed by atoms with E-state index in [1.165, 1.54) is 31.9 Å². The minimum Gasteiger partial charge on any atom is -0.314 e. The molecule has 1 heterocycles. The molecule has 0 bridgehead atoms. The maximum Gasteiger partial charge on any atom is 0.141 e. The van der Waals surface area contributed by atoms with Crippen molar-refractivity contribution in [3.05, 3.63) is 29.8 Å². The Morgan fingerprint density at radius 2 is 2.05 bits per heavy atom. The maximum atomic E-state index is 13.1. The van der Waals surface area contributed by atoms with Gasteiger partial charge in [-0.3, -0.25) is 9.88 Å². The maximum absolute atomic E-state index is 13.1. The Morgan fingerprint density at radius 3 is 2.68 bits per heavy atom. The first-order chi connectivity index (χ1) is 9.19. The molecule has 1 aromatic rings. The molecule has 3 nitrogen and oxygen atoms in total. The van der Waals surface area contributed by atoms with Crippen LogP contribution in [0.4, 0.5) is 4.39 Å². The molecular weight excluding hydrogens is 241 g/mol. The summed E-state index contributed by atoms with van der Waals surface area (Å²) in [6, 6.07) is 2.87. The quantitative estimate of drug-likeness (QED) is 0.887. The molecule has 0 atom stereocenters. The summed E-state index contributed by atoms with van der Waals surface area (Å²) in [7, 11) is 2.13.